The van der Waals surface area contributed by atoms with Crippen LogP contribution in [-0.4, -0.2) is 11.3 Å². The van der Waals surface area contributed by atoms with Gasteiger partial charge in [-0.3, -0.25) is 0 Å². The Morgan fingerprint density at radius 3 is 2.53 bits per heavy atom. The zero-order valence-corrected chi connectivity index (χ0v) is 6.97. The summed E-state index contributed by atoms with van der Waals surface area (Å²) in [5.74, 6) is -2.45. The second-order valence-corrected chi connectivity index (χ2v) is 2.37. The molecule has 0 aliphatic carbocycles. The fourth-order valence-corrected chi connectivity index (χ4v) is 0.781. The molecule has 0 saturated carbocycles. The van der Waals surface area contributed by atoms with E-state index in [9.17, 15) is 17.6 Å². The third kappa shape index (κ3) is 2.70. The molecule has 8 heteroatoms. The molecule has 0 unspecified atom stereocenters. The van der Waals surface area contributed by atoms with E-state index in [-0.39, 0.29) is 0 Å². The van der Waals surface area contributed by atoms with Crippen LogP contribution in [0.4, 0.5) is 23.2 Å². The van der Waals surface area contributed by atoms with Gasteiger partial charge in [0.05, 0.1) is 5.56 Å². The third-order valence-electron chi connectivity index (χ3n) is 1.33. The molecule has 0 radical (unpaired) electrons. The van der Waals surface area contributed by atoms with Crippen LogP contribution in [0, 0.1) is 17.3 Å². The number of hydrogen-bond donors (Lipinski definition) is 1. The zero-order chi connectivity index (χ0) is 11.6. The van der Waals surface area contributed by atoms with Crippen molar-refractivity contribution in [3.63, 3.8) is 0 Å². The molecule has 0 aromatic carbocycles. The van der Waals surface area contributed by atoms with E-state index in [0.717, 1.165) is 0 Å². The molecule has 0 spiro atoms. The highest BCUT2D eigenvalue weighted by Gasteiger charge is 2.33. The van der Waals surface area contributed by atoms with Crippen molar-refractivity contribution in [3.05, 3.63) is 17.6 Å². The van der Waals surface area contributed by atoms with E-state index in [1.807, 2.05) is 0 Å². The van der Waals surface area contributed by atoms with Crippen molar-refractivity contribution < 1.29 is 22.3 Å². The summed E-state index contributed by atoms with van der Waals surface area (Å²) in [4.78, 5) is 2.78. The molecule has 1 rings (SSSR count). The number of alkyl halides is 3. The number of aromatic nitrogens is 1. The zero-order valence-electron chi connectivity index (χ0n) is 6.97. The highest BCUT2D eigenvalue weighted by atomic mass is 19.4. The predicted octanol–water partition coefficient (Wildman–Crippen LogP) is 1.57. The van der Waals surface area contributed by atoms with Crippen LogP contribution in [0.15, 0.2) is 6.07 Å². The molecule has 0 saturated heterocycles. The molecule has 4 nitrogen and oxygen atoms in total. The number of nitriles is 1. The van der Waals surface area contributed by atoms with Crippen molar-refractivity contribution in [3.8, 4) is 11.9 Å². The molecular weight excluding hydrogens is 218 g/mol. The lowest BCUT2D eigenvalue weighted by Crippen LogP contribution is -2.19. The molecule has 0 bridgehead atoms. The van der Waals surface area contributed by atoms with E-state index >= 15 is 0 Å². The summed E-state index contributed by atoms with van der Waals surface area (Å²) >= 11 is 0. The third-order valence-corrected chi connectivity index (χ3v) is 1.33. The number of halogens is 4. The first-order valence-electron chi connectivity index (χ1n) is 3.45. The lowest BCUT2D eigenvalue weighted by Gasteiger charge is -2.10. The Morgan fingerprint density at radius 1 is 1.47 bits per heavy atom. The monoisotopic (exact) mass is 221 g/mol. The fourth-order valence-electron chi connectivity index (χ4n) is 0.781. The number of nitrogen functional groups attached to an aromatic ring is 1. The average Bonchev–Trinajstić information content (AvgIpc) is 2.08. The highest BCUT2D eigenvalue weighted by molar-refractivity contribution is 5.60. The van der Waals surface area contributed by atoms with E-state index in [2.05, 4.69) is 9.72 Å². The molecular formula is C7H3F4N3O. The van der Waals surface area contributed by atoms with Gasteiger partial charge in [0.1, 0.15) is 11.8 Å². The number of anilines is 1. The van der Waals surface area contributed by atoms with Gasteiger partial charge in [0, 0.05) is 6.07 Å². The van der Waals surface area contributed by atoms with Crippen LogP contribution in [-0.2, 0) is 0 Å². The normalized spacial score (nSPS) is 10.9. The van der Waals surface area contributed by atoms with Crippen molar-refractivity contribution in [2.75, 3.05) is 5.73 Å². The predicted molar refractivity (Wildman–Crippen MR) is 40.0 cm³/mol. The van der Waals surface area contributed by atoms with E-state index in [1.54, 1.807) is 0 Å². The number of hydrogen-bond acceptors (Lipinski definition) is 4. The maximum Gasteiger partial charge on any atom is 0.574 e. The lowest BCUT2D eigenvalue weighted by molar-refractivity contribution is -0.276. The first-order valence-corrected chi connectivity index (χ1v) is 3.45. The Hall–Kier alpha value is -2.04. The first-order chi connectivity index (χ1) is 6.83. The Kier molecular flexibility index (Phi) is 2.65. The van der Waals surface area contributed by atoms with Crippen molar-refractivity contribution >= 4 is 5.69 Å². The number of nitrogens with zero attached hydrogens (tertiary/aromatic N) is 2. The smallest absolute Gasteiger partial charge is 0.393 e. The van der Waals surface area contributed by atoms with Crippen LogP contribution in [0.2, 0.25) is 0 Å². The van der Waals surface area contributed by atoms with Crippen molar-refractivity contribution in [1.82, 2.24) is 4.98 Å². The van der Waals surface area contributed by atoms with Crippen LogP contribution < -0.4 is 10.5 Å². The summed E-state index contributed by atoms with van der Waals surface area (Å²) in [7, 11) is 0. The Labute approximate surface area is 80.9 Å². The van der Waals surface area contributed by atoms with Gasteiger partial charge in [-0.1, -0.05) is 0 Å². The topological polar surface area (TPSA) is 71.9 Å². The Morgan fingerprint density at radius 2 is 2.07 bits per heavy atom. The molecule has 0 aliphatic rings. The van der Waals surface area contributed by atoms with Crippen LogP contribution in [0.1, 0.15) is 5.56 Å². The largest absolute Gasteiger partial charge is 0.574 e. The minimum absolute atomic E-state index is 0.471. The molecule has 1 heterocycles. The quantitative estimate of drug-likeness (QED) is 0.577. The highest BCUT2D eigenvalue weighted by Crippen LogP contribution is 2.28. The molecule has 15 heavy (non-hydrogen) atoms. The van der Waals surface area contributed by atoms with Crippen molar-refractivity contribution in [1.29, 1.82) is 5.26 Å². The van der Waals surface area contributed by atoms with E-state index < -0.39 is 29.4 Å². The Balaban J connectivity index is 3.20. The summed E-state index contributed by atoms with van der Waals surface area (Å²) in [6.45, 7) is 0. The van der Waals surface area contributed by atoms with Gasteiger partial charge >= 0.3 is 6.36 Å². The van der Waals surface area contributed by atoms with Crippen LogP contribution >= 0.6 is 0 Å². The summed E-state index contributed by atoms with van der Waals surface area (Å²) in [5, 5.41) is 8.40. The van der Waals surface area contributed by atoms with Crippen molar-refractivity contribution in [2.24, 2.45) is 0 Å². The second-order valence-electron chi connectivity index (χ2n) is 2.37. The molecule has 0 amide bonds. The average molecular weight is 221 g/mol. The van der Waals surface area contributed by atoms with E-state index in [0.29, 0.717) is 6.07 Å². The van der Waals surface area contributed by atoms with Crippen molar-refractivity contribution in [2.45, 2.75) is 6.36 Å². The first kappa shape index (κ1) is 11.0. The summed E-state index contributed by atoms with van der Waals surface area (Å²) in [5.41, 5.74) is 3.97. The van der Waals surface area contributed by atoms with Gasteiger partial charge in [0.15, 0.2) is 0 Å². The number of rotatable bonds is 1. The molecule has 0 aliphatic heterocycles. The number of ether oxygens (including phenoxy) is 1. The van der Waals surface area contributed by atoms with Crippen LogP contribution in [0.3, 0.4) is 0 Å². The molecule has 80 valence electrons. The lowest BCUT2D eigenvalue weighted by atomic mass is 10.2. The number of pyridine rings is 1. The Bertz CT molecular complexity index is 423. The maximum absolute atomic E-state index is 12.6. The molecule has 2 N–H and O–H groups in total. The van der Waals surface area contributed by atoms with Gasteiger partial charge in [-0.15, -0.1) is 13.2 Å². The molecule has 0 fully saturated rings. The minimum Gasteiger partial charge on any atom is -0.393 e. The van der Waals surface area contributed by atoms with Gasteiger partial charge < -0.3 is 10.5 Å². The fraction of sp³-hybridized carbons (Fsp3) is 0.143. The van der Waals surface area contributed by atoms with Gasteiger partial charge in [0.25, 0.3) is 0 Å². The maximum atomic E-state index is 12.6. The van der Waals surface area contributed by atoms with E-state index in [4.69, 9.17) is 11.0 Å². The number of nitrogens with two attached hydrogens (primary N) is 1. The van der Waals surface area contributed by atoms with Gasteiger partial charge in [-0.2, -0.15) is 14.6 Å². The second kappa shape index (κ2) is 3.61. The molecule has 1 aromatic rings. The summed E-state index contributed by atoms with van der Waals surface area (Å²) in [6.07, 6.45) is -5.04. The summed E-state index contributed by atoms with van der Waals surface area (Å²) < 4.78 is 51.2. The standard InChI is InChI=1S/C7H3F4N3O/c8-4-1-3(2-12)5(13)6(14-4)15-7(9,10)11/h1H,13H2. The van der Waals surface area contributed by atoms with Gasteiger partial charge in [-0.05, 0) is 0 Å². The molecule has 1 aromatic heterocycles. The van der Waals surface area contributed by atoms with Gasteiger partial charge in [-0.25, -0.2) is 0 Å². The summed E-state index contributed by atoms with van der Waals surface area (Å²) in [6, 6.07) is 2.02. The van der Waals surface area contributed by atoms with Gasteiger partial charge in [0.2, 0.25) is 11.8 Å². The minimum atomic E-state index is -5.04. The van der Waals surface area contributed by atoms with Crippen LogP contribution in [0.5, 0.6) is 5.88 Å². The van der Waals surface area contributed by atoms with Crippen LogP contribution in [0.25, 0.3) is 0 Å². The molecule has 0 atom stereocenters. The van der Waals surface area contributed by atoms with E-state index in [1.165, 1.54) is 6.07 Å². The SMILES string of the molecule is N#Cc1cc(F)nc(OC(F)(F)F)c1N.